The average molecular weight is 347 g/mol. The summed E-state index contributed by atoms with van der Waals surface area (Å²) in [5.74, 6) is -1.12. The van der Waals surface area contributed by atoms with Crippen LogP contribution in [0.2, 0.25) is 5.02 Å². The number of nitrogens with one attached hydrogen (secondary N) is 1. The molecule has 1 aliphatic rings. The number of carbonyl (C=O) groups is 2. The number of hydrogen-bond acceptors (Lipinski definition) is 3. The molecule has 0 bridgehead atoms. The van der Waals surface area contributed by atoms with Gasteiger partial charge in [0.25, 0.3) is 0 Å². The highest BCUT2D eigenvalue weighted by molar-refractivity contribution is 6.30. The number of rotatable bonds is 4. The number of aliphatic carboxylic acids is 1. The predicted molar refractivity (Wildman–Crippen MR) is 88.7 cm³/mol. The fourth-order valence-electron chi connectivity index (χ4n) is 2.48. The smallest absolute Gasteiger partial charge is 0.306 e. The van der Waals surface area contributed by atoms with E-state index in [4.69, 9.17) is 16.7 Å². The summed E-state index contributed by atoms with van der Waals surface area (Å²) in [5.41, 5.74) is 0.705. The highest BCUT2D eigenvalue weighted by Gasteiger charge is 2.29. The van der Waals surface area contributed by atoms with E-state index in [-0.39, 0.29) is 30.3 Å². The van der Waals surface area contributed by atoms with Crippen molar-refractivity contribution in [3.05, 3.63) is 29.3 Å². The molecule has 2 N–H and O–H groups in total. The van der Waals surface area contributed by atoms with Gasteiger partial charge in [-0.1, -0.05) is 11.6 Å². The molecular formula is C15H20Cl2N2O3. The molecule has 1 aliphatic heterocycles. The van der Waals surface area contributed by atoms with Crippen LogP contribution < -0.4 is 5.32 Å². The predicted octanol–water partition coefficient (Wildman–Crippen LogP) is 2.89. The van der Waals surface area contributed by atoms with E-state index in [1.54, 1.807) is 24.3 Å². The van der Waals surface area contributed by atoms with Crippen LogP contribution in [0.1, 0.15) is 19.8 Å². The van der Waals surface area contributed by atoms with E-state index in [9.17, 15) is 9.59 Å². The van der Waals surface area contributed by atoms with Crippen LogP contribution in [0, 0.1) is 5.92 Å². The van der Waals surface area contributed by atoms with Crippen molar-refractivity contribution < 1.29 is 14.7 Å². The zero-order valence-electron chi connectivity index (χ0n) is 12.3. The third kappa shape index (κ3) is 4.87. The van der Waals surface area contributed by atoms with Gasteiger partial charge in [0, 0.05) is 10.7 Å². The second-order valence-corrected chi connectivity index (χ2v) is 5.76. The first-order valence-electron chi connectivity index (χ1n) is 7.00. The van der Waals surface area contributed by atoms with Crippen LogP contribution in [0.25, 0.3) is 0 Å². The monoisotopic (exact) mass is 346 g/mol. The Morgan fingerprint density at radius 2 is 1.82 bits per heavy atom. The third-order valence-electron chi connectivity index (χ3n) is 3.92. The summed E-state index contributed by atoms with van der Waals surface area (Å²) < 4.78 is 0. The Kier molecular flexibility index (Phi) is 7.13. The summed E-state index contributed by atoms with van der Waals surface area (Å²) in [6.45, 7) is 3.10. The number of carboxylic acid groups (broad SMARTS) is 1. The second-order valence-electron chi connectivity index (χ2n) is 5.32. The van der Waals surface area contributed by atoms with Crippen LogP contribution >= 0.6 is 24.0 Å². The van der Waals surface area contributed by atoms with Crippen molar-refractivity contribution in [1.82, 2.24) is 4.90 Å². The molecule has 1 aromatic carbocycles. The van der Waals surface area contributed by atoms with Crippen molar-refractivity contribution in [2.24, 2.45) is 5.92 Å². The highest BCUT2D eigenvalue weighted by Crippen LogP contribution is 2.20. The minimum absolute atomic E-state index is 0. The number of benzene rings is 1. The van der Waals surface area contributed by atoms with Gasteiger partial charge in [-0.3, -0.25) is 14.5 Å². The Morgan fingerprint density at radius 1 is 1.27 bits per heavy atom. The van der Waals surface area contributed by atoms with Crippen molar-refractivity contribution in [3.63, 3.8) is 0 Å². The molecule has 1 fully saturated rings. The molecule has 1 atom stereocenters. The molecule has 1 heterocycles. The molecule has 1 unspecified atom stereocenters. The van der Waals surface area contributed by atoms with Gasteiger partial charge in [-0.15, -0.1) is 12.4 Å². The number of carbonyl (C=O) groups excluding carboxylic acids is 1. The van der Waals surface area contributed by atoms with Gasteiger partial charge in [-0.2, -0.15) is 0 Å². The van der Waals surface area contributed by atoms with E-state index in [0.717, 1.165) is 0 Å². The molecule has 0 spiro atoms. The molecule has 1 saturated heterocycles. The standard InChI is InChI=1S/C15H19ClN2O3.ClH/c1-10(18-8-6-11(7-9-18)15(20)21)14(19)17-13-4-2-12(16)3-5-13;/h2-5,10-11H,6-9H2,1H3,(H,17,19)(H,20,21);1H. The third-order valence-corrected chi connectivity index (χ3v) is 4.17. The van der Waals surface area contributed by atoms with E-state index in [2.05, 4.69) is 5.32 Å². The number of hydrogen-bond donors (Lipinski definition) is 2. The molecule has 1 amide bonds. The maximum Gasteiger partial charge on any atom is 0.306 e. The Balaban J connectivity index is 0.00000242. The largest absolute Gasteiger partial charge is 0.481 e. The minimum Gasteiger partial charge on any atom is -0.481 e. The first kappa shape index (κ1) is 18.7. The van der Waals surface area contributed by atoms with Crippen molar-refractivity contribution >= 4 is 41.6 Å². The SMILES string of the molecule is CC(C(=O)Nc1ccc(Cl)cc1)N1CCC(C(=O)O)CC1.Cl. The number of likely N-dealkylation sites (tertiary alicyclic amines) is 1. The quantitative estimate of drug-likeness (QED) is 0.879. The highest BCUT2D eigenvalue weighted by atomic mass is 35.5. The average Bonchev–Trinajstić information content (AvgIpc) is 2.49. The van der Waals surface area contributed by atoms with Gasteiger partial charge in [0.15, 0.2) is 0 Å². The molecule has 0 radical (unpaired) electrons. The molecule has 5 nitrogen and oxygen atoms in total. The van der Waals surface area contributed by atoms with Crippen molar-refractivity contribution in [2.75, 3.05) is 18.4 Å². The lowest BCUT2D eigenvalue weighted by atomic mass is 9.96. The zero-order chi connectivity index (χ0) is 15.4. The van der Waals surface area contributed by atoms with Gasteiger partial charge in [-0.25, -0.2) is 0 Å². The van der Waals surface area contributed by atoms with Crippen LogP contribution in [0.15, 0.2) is 24.3 Å². The zero-order valence-corrected chi connectivity index (χ0v) is 13.9. The minimum atomic E-state index is -0.743. The Bertz CT molecular complexity index is 514. The normalized spacial score (nSPS) is 17.4. The molecule has 7 heteroatoms. The summed E-state index contributed by atoms with van der Waals surface area (Å²) >= 11 is 5.80. The van der Waals surface area contributed by atoms with Crippen LogP contribution in [-0.4, -0.2) is 41.0 Å². The first-order valence-corrected chi connectivity index (χ1v) is 7.38. The fraction of sp³-hybridized carbons (Fsp3) is 0.467. The maximum atomic E-state index is 12.2. The van der Waals surface area contributed by atoms with Gasteiger partial charge >= 0.3 is 5.97 Å². The van der Waals surface area contributed by atoms with Gasteiger partial charge in [0.2, 0.25) is 5.91 Å². The lowest BCUT2D eigenvalue weighted by Crippen LogP contribution is -2.46. The molecule has 0 aromatic heterocycles. The summed E-state index contributed by atoms with van der Waals surface area (Å²) in [6.07, 6.45) is 1.18. The Hall–Kier alpha value is -1.30. The van der Waals surface area contributed by atoms with E-state index in [0.29, 0.717) is 36.6 Å². The second kappa shape index (κ2) is 8.36. The Morgan fingerprint density at radius 3 is 2.32 bits per heavy atom. The van der Waals surface area contributed by atoms with Crippen molar-refractivity contribution in [3.8, 4) is 0 Å². The van der Waals surface area contributed by atoms with Crippen LogP contribution in [0.4, 0.5) is 5.69 Å². The van der Waals surface area contributed by atoms with E-state index in [1.807, 2.05) is 11.8 Å². The number of halogens is 2. The maximum absolute atomic E-state index is 12.2. The lowest BCUT2D eigenvalue weighted by Gasteiger charge is -2.33. The first-order chi connectivity index (χ1) is 9.97. The summed E-state index contributed by atoms with van der Waals surface area (Å²) in [7, 11) is 0. The molecular weight excluding hydrogens is 327 g/mol. The molecule has 0 aliphatic carbocycles. The summed E-state index contributed by atoms with van der Waals surface area (Å²) in [5, 5.41) is 12.4. The van der Waals surface area contributed by atoms with Gasteiger partial charge in [0.1, 0.15) is 0 Å². The summed E-state index contributed by atoms with van der Waals surface area (Å²) in [4.78, 5) is 25.2. The van der Waals surface area contributed by atoms with E-state index in [1.165, 1.54) is 0 Å². The van der Waals surface area contributed by atoms with Crippen molar-refractivity contribution in [2.45, 2.75) is 25.8 Å². The Labute approximate surface area is 141 Å². The number of anilines is 1. The van der Waals surface area contributed by atoms with Gasteiger partial charge in [-0.05, 0) is 57.1 Å². The van der Waals surface area contributed by atoms with Crippen molar-refractivity contribution in [1.29, 1.82) is 0 Å². The summed E-state index contributed by atoms with van der Waals surface area (Å²) in [6, 6.07) is 6.67. The molecule has 0 saturated carbocycles. The van der Waals surface area contributed by atoms with E-state index >= 15 is 0 Å². The number of nitrogens with zero attached hydrogens (tertiary/aromatic N) is 1. The molecule has 2 rings (SSSR count). The van der Waals surface area contributed by atoms with Gasteiger partial charge < -0.3 is 10.4 Å². The number of piperidine rings is 1. The topological polar surface area (TPSA) is 69.6 Å². The van der Waals surface area contributed by atoms with Crippen LogP contribution in [-0.2, 0) is 9.59 Å². The fourth-order valence-corrected chi connectivity index (χ4v) is 2.61. The van der Waals surface area contributed by atoms with E-state index < -0.39 is 5.97 Å². The number of amides is 1. The molecule has 122 valence electrons. The van der Waals surface area contributed by atoms with Crippen LogP contribution in [0.5, 0.6) is 0 Å². The molecule has 1 aromatic rings. The lowest BCUT2D eigenvalue weighted by molar-refractivity contribution is -0.143. The van der Waals surface area contributed by atoms with Crippen LogP contribution in [0.3, 0.4) is 0 Å². The number of carboxylic acids is 1. The van der Waals surface area contributed by atoms with Gasteiger partial charge in [0.05, 0.1) is 12.0 Å². The molecule has 22 heavy (non-hydrogen) atoms.